The van der Waals surface area contributed by atoms with E-state index in [-0.39, 0.29) is 12.4 Å². The third-order valence-electron chi connectivity index (χ3n) is 2.59. The molecule has 0 aliphatic heterocycles. The van der Waals surface area contributed by atoms with Crippen LogP contribution in [-0.4, -0.2) is 23.0 Å². The Morgan fingerprint density at radius 2 is 2.06 bits per heavy atom. The lowest BCUT2D eigenvalue weighted by atomic mass is 10.2. The minimum absolute atomic E-state index is 0.189. The van der Waals surface area contributed by atoms with Crippen LogP contribution in [0.3, 0.4) is 0 Å². The second-order valence-electron chi connectivity index (χ2n) is 4.73. The number of hydrogen-bond acceptors (Lipinski definition) is 3. The van der Waals surface area contributed by atoms with Crippen LogP contribution in [0.25, 0.3) is 0 Å². The molecule has 18 heavy (non-hydrogen) atoms. The lowest BCUT2D eigenvalue weighted by molar-refractivity contribution is 0.289. The number of rotatable bonds is 7. The number of hydrogen-bond donors (Lipinski definition) is 2. The van der Waals surface area contributed by atoms with Gasteiger partial charge in [0.1, 0.15) is 5.82 Å². The van der Waals surface area contributed by atoms with Crippen LogP contribution in [0.2, 0.25) is 0 Å². The summed E-state index contributed by atoms with van der Waals surface area (Å²) in [4.78, 5) is 1.09. The van der Waals surface area contributed by atoms with E-state index in [1.807, 2.05) is 6.07 Å². The van der Waals surface area contributed by atoms with Crippen LogP contribution in [0.1, 0.15) is 32.8 Å². The van der Waals surface area contributed by atoms with Crippen molar-refractivity contribution in [3.63, 3.8) is 0 Å². The van der Waals surface area contributed by atoms with E-state index in [0.717, 1.165) is 16.9 Å². The fourth-order valence-electron chi connectivity index (χ4n) is 1.57. The molecule has 0 fully saturated rings. The quantitative estimate of drug-likeness (QED) is 0.747. The van der Waals surface area contributed by atoms with Crippen LogP contribution in [0.5, 0.6) is 0 Å². The van der Waals surface area contributed by atoms with Crippen molar-refractivity contribution in [1.29, 1.82) is 0 Å². The molecule has 0 aliphatic rings. The average Bonchev–Trinajstić information content (AvgIpc) is 2.29. The molecule has 2 nitrogen and oxygen atoms in total. The predicted molar refractivity (Wildman–Crippen MR) is 75.4 cm³/mol. The van der Waals surface area contributed by atoms with Crippen molar-refractivity contribution in [3.05, 3.63) is 29.6 Å². The first-order valence-corrected chi connectivity index (χ1v) is 7.20. The third-order valence-corrected chi connectivity index (χ3v) is 3.88. The fraction of sp³-hybridized carbons (Fsp3) is 0.571. The molecule has 0 saturated carbocycles. The van der Waals surface area contributed by atoms with Gasteiger partial charge >= 0.3 is 0 Å². The molecule has 1 rings (SSSR count). The van der Waals surface area contributed by atoms with Gasteiger partial charge < -0.3 is 10.4 Å². The second kappa shape index (κ2) is 7.77. The highest BCUT2D eigenvalue weighted by molar-refractivity contribution is 8.00. The summed E-state index contributed by atoms with van der Waals surface area (Å²) in [5, 5.41) is 12.6. The highest BCUT2D eigenvalue weighted by atomic mass is 32.2. The standard InChI is InChI=1S/C14H22FNOS/c1-10(2)16-9-12-8-13(15)4-5-14(12)18-11(3)6-7-17/h4-5,8,10-11,16-17H,6-7,9H2,1-3H3. The van der Waals surface area contributed by atoms with Gasteiger partial charge in [0, 0.05) is 29.3 Å². The van der Waals surface area contributed by atoms with E-state index < -0.39 is 0 Å². The third kappa shape index (κ3) is 5.38. The maximum absolute atomic E-state index is 13.3. The molecular weight excluding hydrogens is 249 g/mol. The lowest BCUT2D eigenvalue weighted by Crippen LogP contribution is -2.22. The first kappa shape index (κ1) is 15.5. The molecule has 0 saturated heterocycles. The van der Waals surface area contributed by atoms with Crippen molar-refractivity contribution < 1.29 is 9.50 Å². The van der Waals surface area contributed by atoms with Gasteiger partial charge in [-0.3, -0.25) is 0 Å². The molecule has 1 atom stereocenters. The van der Waals surface area contributed by atoms with Crippen molar-refractivity contribution in [2.75, 3.05) is 6.61 Å². The molecule has 1 aromatic rings. The maximum atomic E-state index is 13.3. The van der Waals surface area contributed by atoms with Crippen molar-refractivity contribution in [2.45, 2.75) is 49.9 Å². The van der Waals surface area contributed by atoms with Gasteiger partial charge in [0.25, 0.3) is 0 Å². The Balaban J connectivity index is 2.75. The highest BCUT2D eigenvalue weighted by Gasteiger charge is 2.09. The van der Waals surface area contributed by atoms with E-state index >= 15 is 0 Å². The monoisotopic (exact) mass is 271 g/mol. The highest BCUT2D eigenvalue weighted by Crippen LogP contribution is 2.29. The molecule has 4 heteroatoms. The van der Waals surface area contributed by atoms with Gasteiger partial charge in [0.2, 0.25) is 0 Å². The van der Waals surface area contributed by atoms with Crippen LogP contribution in [0, 0.1) is 5.82 Å². The first-order valence-electron chi connectivity index (χ1n) is 6.32. The van der Waals surface area contributed by atoms with Gasteiger partial charge in [-0.15, -0.1) is 11.8 Å². The summed E-state index contributed by atoms with van der Waals surface area (Å²) < 4.78 is 13.3. The van der Waals surface area contributed by atoms with E-state index in [2.05, 4.69) is 26.1 Å². The molecule has 0 spiro atoms. The summed E-state index contributed by atoms with van der Waals surface area (Å²) in [5.74, 6) is -0.199. The summed E-state index contributed by atoms with van der Waals surface area (Å²) in [5.41, 5.74) is 0.985. The normalized spacial score (nSPS) is 13.0. The van der Waals surface area contributed by atoms with Crippen LogP contribution in [0.15, 0.2) is 23.1 Å². The smallest absolute Gasteiger partial charge is 0.123 e. The van der Waals surface area contributed by atoms with Crippen molar-refractivity contribution in [1.82, 2.24) is 5.32 Å². The van der Waals surface area contributed by atoms with Crippen LogP contribution in [0.4, 0.5) is 4.39 Å². The average molecular weight is 271 g/mol. The Kier molecular flexibility index (Phi) is 6.68. The molecule has 1 aromatic carbocycles. The van der Waals surface area contributed by atoms with Gasteiger partial charge in [-0.2, -0.15) is 0 Å². The van der Waals surface area contributed by atoms with Gasteiger partial charge in [-0.1, -0.05) is 20.8 Å². The Morgan fingerprint density at radius 3 is 2.67 bits per heavy atom. The number of halogens is 1. The zero-order valence-corrected chi connectivity index (χ0v) is 12.1. The van der Waals surface area contributed by atoms with Gasteiger partial charge in [0.05, 0.1) is 0 Å². The van der Waals surface area contributed by atoms with E-state index in [4.69, 9.17) is 5.11 Å². The molecule has 0 aliphatic carbocycles. The van der Waals surface area contributed by atoms with Crippen LogP contribution >= 0.6 is 11.8 Å². The zero-order valence-electron chi connectivity index (χ0n) is 11.2. The van der Waals surface area contributed by atoms with E-state index in [1.165, 1.54) is 6.07 Å². The molecule has 0 radical (unpaired) electrons. The van der Waals surface area contributed by atoms with Crippen LogP contribution < -0.4 is 5.32 Å². The number of nitrogens with one attached hydrogen (secondary N) is 1. The summed E-state index contributed by atoms with van der Waals surface area (Å²) in [6.07, 6.45) is 0.749. The number of aliphatic hydroxyl groups is 1. The number of benzene rings is 1. The van der Waals surface area contributed by atoms with E-state index in [0.29, 0.717) is 17.8 Å². The Morgan fingerprint density at radius 1 is 1.33 bits per heavy atom. The Hall–Kier alpha value is -0.580. The predicted octanol–water partition coefficient (Wildman–Crippen LogP) is 3.19. The minimum atomic E-state index is -0.199. The molecule has 1 unspecified atom stereocenters. The summed E-state index contributed by atoms with van der Waals surface area (Å²) in [6.45, 7) is 7.07. The summed E-state index contributed by atoms with van der Waals surface area (Å²) in [6, 6.07) is 5.28. The van der Waals surface area contributed by atoms with Gasteiger partial charge in [0.15, 0.2) is 0 Å². The van der Waals surface area contributed by atoms with E-state index in [1.54, 1.807) is 17.8 Å². The largest absolute Gasteiger partial charge is 0.396 e. The minimum Gasteiger partial charge on any atom is -0.396 e. The van der Waals surface area contributed by atoms with E-state index in [9.17, 15) is 4.39 Å². The number of thioether (sulfide) groups is 1. The van der Waals surface area contributed by atoms with Crippen molar-refractivity contribution >= 4 is 11.8 Å². The molecule has 0 amide bonds. The number of aliphatic hydroxyl groups excluding tert-OH is 1. The van der Waals surface area contributed by atoms with Gasteiger partial charge in [-0.25, -0.2) is 4.39 Å². The zero-order chi connectivity index (χ0) is 13.5. The maximum Gasteiger partial charge on any atom is 0.123 e. The molecular formula is C14H22FNOS. The first-order chi connectivity index (χ1) is 8.52. The summed E-state index contributed by atoms with van der Waals surface area (Å²) in [7, 11) is 0. The molecule has 0 aromatic heterocycles. The van der Waals surface area contributed by atoms with Crippen molar-refractivity contribution in [3.8, 4) is 0 Å². The SMILES string of the molecule is CC(C)NCc1cc(F)ccc1SC(C)CCO. The van der Waals surface area contributed by atoms with Gasteiger partial charge in [-0.05, 0) is 30.2 Å². The second-order valence-corrected chi connectivity index (χ2v) is 6.21. The molecule has 2 N–H and O–H groups in total. The lowest BCUT2D eigenvalue weighted by Gasteiger charge is -2.15. The topological polar surface area (TPSA) is 32.3 Å². The Labute approximate surface area is 113 Å². The van der Waals surface area contributed by atoms with Crippen molar-refractivity contribution in [2.24, 2.45) is 0 Å². The Bertz CT molecular complexity index is 371. The van der Waals surface area contributed by atoms with Crippen LogP contribution in [-0.2, 0) is 6.54 Å². The molecule has 0 bridgehead atoms. The molecule has 102 valence electrons. The fourth-order valence-corrected chi connectivity index (χ4v) is 2.66. The molecule has 0 heterocycles. The summed E-state index contributed by atoms with van der Waals surface area (Å²) >= 11 is 1.69.